The second-order valence-corrected chi connectivity index (χ2v) is 8.13. The van der Waals surface area contributed by atoms with Gasteiger partial charge in [0.25, 0.3) is 0 Å². The van der Waals surface area contributed by atoms with Gasteiger partial charge in [-0.15, -0.1) is 0 Å². The first-order valence-corrected chi connectivity index (χ1v) is 10.5. The van der Waals surface area contributed by atoms with Crippen molar-refractivity contribution in [2.75, 3.05) is 0 Å². The lowest BCUT2D eigenvalue weighted by atomic mass is 9.68. The summed E-state index contributed by atoms with van der Waals surface area (Å²) in [4.78, 5) is 13.8. The van der Waals surface area contributed by atoms with E-state index in [0.717, 1.165) is 0 Å². The van der Waals surface area contributed by atoms with Gasteiger partial charge >= 0.3 is 0 Å². The van der Waals surface area contributed by atoms with E-state index in [0.29, 0.717) is 21.7 Å². The maximum Gasteiger partial charge on any atom is 0.172 e. The monoisotopic (exact) mass is 445 g/mol. The number of nitrogens with zero attached hydrogens (tertiary/aromatic N) is 1. The number of carbonyl (C=O) groups excluding carboxylic acids is 1. The largest absolute Gasteiger partial charge is 0.762 e. The normalized spacial score (nSPS) is 23.0. The minimum atomic E-state index is -1.84. The standard InChI is InChI=1S/C25H19ClN2O2S/c26-20-14-8-7-13-18(20)21-19(15-27)24(31)28-25(30,17-11-5-2-6-12-17)22(21)23(29)16-9-3-1-4-10-16/h1-14,21-22,28,30-31H/p-1. The minimum Gasteiger partial charge on any atom is -0.762 e. The summed E-state index contributed by atoms with van der Waals surface area (Å²) in [5, 5.41) is 25.3. The van der Waals surface area contributed by atoms with Gasteiger partial charge in [0.1, 0.15) is 0 Å². The van der Waals surface area contributed by atoms with E-state index >= 15 is 0 Å². The zero-order chi connectivity index (χ0) is 22.0. The third kappa shape index (κ3) is 3.70. The number of benzene rings is 3. The average Bonchev–Trinajstić information content (AvgIpc) is 2.80. The molecule has 2 N–H and O–H groups in total. The van der Waals surface area contributed by atoms with Crippen LogP contribution in [-0.2, 0) is 18.4 Å². The molecule has 0 bridgehead atoms. The van der Waals surface area contributed by atoms with Crippen LogP contribution in [0.3, 0.4) is 0 Å². The number of ketones is 1. The molecule has 0 amide bonds. The molecule has 1 aliphatic rings. The van der Waals surface area contributed by atoms with Gasteiger partial charge in [0.05, 0.1) is 12.0 Å². The molecule has 0 radical (unpaired) electrons. The summed E-state index contributed by atoms with van der Waals surface area (Å²) in [6.07, 6.45) is 0. The maximum absolute atomic E-state index is 13.8. The summed E-state index contributed by atoms with van der Waals surface area (Å²) >= 11 is 12.0. The quantitative estimate of drug-likeness (QED) is 0.451. The molecule has 31 heavy (non-hydrogen) atoms. The smallest absolute Gasteiger partial charge is 0.172 e. The van der Waals surface area contributed by atoms with Crippen LogP contribution in [-0.4, -0.2) is 10.9 Å². The summed E-state index contributed by atoms with van der Waals surface area (Å²) in [5.41, 5.74) is -0.187. The number of rotatable bonds is 4. The Morgan fingerprint density at radius 2 is 1.58 bits per heavy atom. The molecular weight excluding hydrogens is 428 g/mol. The van der Waals surface area contributed by atoms with E-state index in [9.17, 15) is 15.2 Å². The number of halogens is 1. The number of nitrogens with one attached hydrogen (secondary N) is 1. The molecule has 4 rings (SSSR count). The summed E-state index contributed by atoms with van der Waals surface area (Å²) < 4.78 is 0. The number of Topliss-reactive ketones (excluding diaryl/α,β-unsaturated/α-hetero) is 1. The van der Waals surface area contributed by atoms with E-state index in [1.54, 1.807) is 72.8 Å². The molecule has 3 aromatic rings. The van der Waals surface area contributed by atoms with Crippen molar-refractivity contribution in [2.45, 2.75) is 11.6 Å². The van der Waals surface area contributed by atoms with Crippen molar-refractivity contribution in [1.82, 2.24) is 5.32 Å². The number of allylic oxidation sites excluding steroid dienone is 1. The first kappa shape index (κ1) is 21.1. The highest BCUT2D eigenvalue weighted by Crippen LogP contribution is 2.48. The molecule has 1 aliphatic heterocycles. The third-order valence-corrected chi connectivity index (χ3v) is 6.22. The fourth-order valence-corrected chi connectivity index (χ4v) is 4.70. The predicted molar refractivity (Wildman–Crippen MR) is 122 cm³/mol. The first-order valence-electron chi connectivity index (χ1n) is 9.68. The number of carbonyl (C=O) groups is 1. The fraction of sp³-hybridized carbons (Fsp3) is 0.120. The molecular formula is C25H18ClN2O2S-. The van der Waals surface area contributed by atoms with Crippen molar-refractivity contribution >= 4 is 30.0 Å². The van der Waals surface area contributed by atoms with Crippen molar-refractivity contribution in [3.05, 3.63) is 117 Å². The minimum absolute atomic E-state index is 0.0934. The molecule has 3 atom stereocenters. The van der Waals surface area contributed by atoms with E-state index in [1.807, 2.05) is 12.1 Å². The van der Waals surface area contributed by atoms with Crippen molar-refractivity contribution in [3.8, 4) is 6.07 Å². The van der Waals surface area contributed by atoms with Gasteiger partial charge in [-0.3, -0.25) is 4.79 Å². The Kier molecular flexibility index (Phi) is 5.79. The summed E-state index contributed by atoms with van der Waals surface area (Å²) in [6.45, 7) is 0. The lowest BCUT2D eigenvalue weighted by molar-refractivity contribution is -0.0461. The van der Waals surface area contributed by atoms with Gasteiger partial charge in [0.15, 0.2) is 11.5 Å². The van der Waals surface area contributed by atoms with E-state index in [-0.39, 0.29) is 16.4 Å². The molecule has 0 spiro atoms. The Balaban J connectivity index is 2.01. The molecule has 154 valence electrons. The Hall–Kier alpha value is -3.17. The fourth-order valence-electron chi connectivity index (χ4n) is 4.12. The van der Waals surface area contributed by atoms with Gasteiger partial charge in [-0.05, 0) is 11.6 Å². The average molecular weight is 446 g/mol. The molecule has 3 aromatic carbocycles. The Labute approximate surface area is 191 Å². The van der Waals surface area contributed by atoms with Crippen LogP contribution in [0.25, 0.3) is 0 Å². The van der Waals surface area contributed by atoms with Crippen LogP contribution in [0.1, 0.15) is 27.4 Å². The second kappa shape index (κ2) is 8.52. The summed E-state index contributed by atoms with van der Waals surface area (Å²) in [5.74, 6) is -2.23. The second-order valence-electron chi connectivity index (χ2n) is 7.32. The molecule has 3 unspecified atom stereocenters. The lowest BCUT2D eigenvalue weighted by Gasteiger charge is -2.48. The molecule has 0 saturated carbocycles. The van der Waals surface area contributed by atoms with Crippen LogP contribution in [0.4, 0.5) is 0 Å². The van der Waals surface area contributed by atoms with Crippen LogP contribution < -0.4 is 5.32 Å². The third-order valence-electron chi connectivity index (χ3n) is 5.56. The van der Waals surface area contributed by atoms with Crippen LogP contribution in [0, 0.1) is 17.2 Å². The van der Waals surface area contributed by atoms with Crippen molar-refractivity contribution in [2.24, 2.45) is 5.92 Å². The van der Waals surface area contributed by atoms with Crippen molar-refractivity contribution in [3.63, 3.8) is 0 Å². The van der Waals surface area contributed by atoms with E-state index in [4.69, 9.17) is 24.2 Å². The van der Waals surface area contributed by atoms with Gasteiger partial charge < -0.3 is 23.1 Å². The van der Waals surface area contributed by atoms with Crippen LogP contribution in [0.5, 0.6) is 0 Å². The van der Waals surface area contributed by atoms with Crippen molar-refractivity contribution in [1.29, 1.82) is 5.26 Å². The molecule has 6 heteroatoms. The highest BCUT2D eigenvalue weighted by molar-refractivity contribution is 7.63. The van der Waals surface area contributed by atoms with Gasteiger partial charge in [-0.2, -0.15) is 5.26 Å². The van der Waals surface area contributed by atoms with Crippen LogP contribution in [0.15, 0.2) is 95.5 Å². The SMILES string of the molecule is N#CC1=C([S-])NC(O)(c2ccccc2)C(C(=O)c2ccccc2)C1c1ccccc1Cl. The van der Waals surface area contributed by atoms with Crippen molar-refractivity contribution < 1.29 is 9.90 Å². The summed E-state index contributed by atoms with van der Waals surface area (Å²) in [6, 6.07) is 26.7. The zero-order valence-corrected chi connectivity index (χ0v) is 17.9. The number of aliphatic hydroxyl groups is 1. The number of hydrogen-bond acceptors (Lipinski definition) is 5. The van der Waals surface area contributed by atoms with Crippen LogP contribution in [0.2, 0.25) is 5.02 Å². The highest BCUT2D eigenvalue weighted by Gasteiger charge is 2.52. The lowest BCUT2D eigenvalue weighted by Crippen LogP contribution is -2.56. The van der Waals surface area contributed by atoms with Gasteiger partial charge in [-0.1, -0.05) is 95.5 Å². The maximum atomic E-state index is 13.8. The Bertz CT molecular complexity index is 1190. The predicted octanol–water partition coefficient (Wildman–Crippen LogP) is 4.65. The topological polar surface area (TPSA) is 73.1 Å². The van der Waals surface area contributed by atoms with Crippen LogP contribution >= 0.6 is 11.6 Å². The molecule has 0 aliphatic carbocycles. The zero-order valence-electron chi connectivity index (χ0n) is 16.3. The molecule has 0 aromatic heterocycles. The highest BCUT2D eigenvalue weighted by atomic mass is 35.5. The van der Waals surface area contributed by atoms with E-state index < -0.39 is 17.6 Å². The molecule has 4 nitrogen and oxygen atoms in total. The Morgan fingerprint density at radius 3 is 2.19 bits per heavy atom. The molecule has 0 fully saturated rings. The summed E-state index contributed by atoms with van der Waals surface area (Å²) in [7, 11) is 0. The first-order chi connectivity index (χ1) is 15.0. The molecule has 1 heterocycles. The van der Waals surface area contributed by atoms with E-state index in [1.165, 1.54) is 0 Å². The number of hydrogen-bond donors (Lipinski definition) is 2. The Morgan fingerprint density at radius 1 is 1.00 bits per heavy atom. The van der Waals surface area contributed by atoms with Gasteiger partial charge in [0, 0.05) is 27.6 Å². The number of nitriles is 1. The molecule has 0 saturated heterocycles. The van der Waals surface area contributed by atoms with E-state index in [2.05, 4.69) is 11.4 Å². The van der Waals surface area contributed by atoms with Gasteiger partial charge in [0.2, 0.25) is 0 Å². The van der Waals surface area contributed by atoms with Gasteiger partial charge in [-0.25, -0.2) is 0 Å².